The molecule has 4 nitrogen and oxygen atoms in total. The highest BCUT2D eigenvalue weighted by Gasteiger charge is 2.07. The maximum Gasteiger partial charge on any atom is 0.250 e. The number of hydrogen-bond donors (Lipinski definition) is 3. The average Bonchev–Trinajstić information content (AvgIpc) is 2.28. The van der Waals surface area contributed by atoms with E-state index in [1.807, 2.05) is 0 Å². The highest BCUT2D eigenvalue weighted by molar-refractivity contribution is 6.31. The second-order valence-corrected chi connectivity index (χ2v) is 4.20. The summed E-state index contributed by atoms with van der Waals surface area (Å²) in [4.78, 5) is 11.2. The van der Waals surface area contributed by atoms with Crippen molar-refractivity contribution in [2.45, 2.75) is 19.3 Å². The van der Waals surface area contributed by atoms with Gasteiger partial charge in [0, 0.05) is 23.9 Å². The van der Waals surface area contributed by atoms with Crippen LogP contribution >= 0.6 is 11.6 Å². The predicted molar refractivity (Wildman–Crippen MR) is 69.4 cm³/mol. The molecule has 5 heteroatoms. The molecule has 0 saturated heterocycles. The largest absolute Gasteiger partial charge is 0.396 e. The van der Waals surface area contributed by atoms with E-state index in [9.17, 15) is 4.79 Å². The molecule has 1 aromatic rings. The summed E-state index contributed by atoms with van der Waals surface area (Å²) in [6.45, 7) is 0.935. The molecule has 0 heterocycles. The lowest BCUT2D eigenvalue weighted by atomic mass is 10.1. The summed E-state index contributed by atoms with van der Waals surface area (Å²) in [6, 6.07) is 4.94. The number of halogens is 1. The van der Waals surface area contributed by atoms with E-state index in [0.717, 1.165) is 25.8 Å². The number of benzene rings is 1. The van der Waals surface area contributed by atoms with Crippen LogP contribution in [0.5, 0.6) is 0 Å². The van der Waals surface area contributed by atoms with E-state index in [1.165, 1.54) is 0 Å². The van der Waals surface area contributed by atoms with Gasteiger partial charge in [-0.05, 0) is 37.5 Å². The van der Waals surface area contributed by atoms with Crippen molar-refractivity contribution < 1.29 is 9.90 Å². The number of aliphatic hydroxyl groups is 1. The fraction of sp³-hybridized carbons (Fsp3) is 0.417. The number of nitrogens with one attached hydrogen (secondary N) is 1. The quantitative estimate of drug-likeness (QED) is 0.654. The van der Waals surface area contributed by atoms with E-state index in [-0.39, 0.29) is 6.61 Å². The molecule has 0 aromatic heterocycles. The molecule has 1 aromatic carbocycles. The molecule has 1 rings (SSSR count). The van der Waals surface area contributed by atoms with Gasteiger partial charge in [0.2, 0.25) is 0 Å². The van der Waals surface area contributed by atoms with Crippen LogP contribution in [0.15, 0.2) is 18.2 Å². The molecule has 0 spiro atoms. The van der Waals surface area contributed by atoms with Crippen molar-refractivity contribution in [2.75, 3.05) is 18.5 Å². The first-order valence-corrected chi connectivity index (χ1v) is 5.97. The maximum atomic E-state index is 11.2. The van der Waals surface area contributed by atoms with Crippen molar-refractivity contribution in [1.82, 2.24) is 0 Å². The number of carbonyl (C=O) groups is 1. The SMILES string of the molecule is NC(=O)c1ccc(Cl)cc1NCCCCCO. The van der Waals surface area contributed by atoms with E-state index in [1.54, 1.807) is 18.2 Å². The van der Waals surface area contributed by atoms with Crippen LogP contribution < -0.4 is 11.1 Å². The van der Waals surface area contributed by atoms with Gasteiger partial charge in [0.25, 0.3) is 5.91 Å². The fourth-order valence-corrected chi connectivity index (χ4v) is 1.69. The zero-order chi connectivity index (χ0) is 12.7. The van der Waals surface area contributed by atoms with Gasteiger partial charge in [-0.3, -0.25) is 4.79 Å². The summed E-state index contributed by atoms with van der Waals surface area (Å²) < 4.78 is 0. The van der Waals surface area contributed by atoms with Crippen molar-refractivity contribution in [2.24, 2.45) is 5.73 Å². The van der Waals surface area contributed by atoms with Gasteiger partial charge in [0.1, 0.15) is 0 Å². The number of aliphatic hydroxyl groups excluding tert-OH is 1. The van der Waals surface area contributed by atoms with Gasteiger partial charge in [-0.1, -0.05) is 11.6 Å². The van der Waals surface area contributed by atoms with Gasteiger partial charge in [-0.2, -0.15) is 0 Å². The molecule has 0 atom stereocenters. The standard InChI is InChI=1S/C12H17ClN2O2/c13-9-4-5-10(12(14)17)11(8-9)15-6-2-1-3-7-16/h4-5,8,15-16H,1-3,6-7H2,(H2,14,17). The van der Waals surface area contributed by atoms with Crippen molar-refractivity contribution in [1.29, 1.82) is 0 Å². The number of unbranched alkanes of at least 4 members (excludes halogenated alkanes) is 2. The van der Waals surface area contributed by atoms with Crippen molar-refractivity contribution in [3.63, 3.8) is 0 Å². The zero-order valence-corrected chi connectivity index (χ0v) is 10.3. The van der Waals surface area contributed by atoms with Crippen LogP contribution in [0.4, 0.5) is 5.69 Å². The zero-order valence-electron chi connectivity index (χ0n) is 9.58. The summed E-state index contributed by atoms with van der Waals surface area (Å²) in [6.07, 6.45) is 2.65. The summed E-state index contributed by atoms with van der Waals surface area (Å²) >= 11 is 5.86. The van der Waals surface area contributed by atoms with E-state index in [4.69, 9.17) is 22.4 Å². The van der Waals surface area contributed by atoms with E-state index in [0.29, 0.717) is 16.3 Å². The van der Waals surface area contributed by atoms with Gasteiger partial charge in [-0.15, -0.1) is 0 Å². The third-order valence-corrected chi connectivity index (χ3v) is 2.63. The van der Waals surface area contributed by atoms with Crippen molar-refractivity contribution >= 4 is 23.2 Å². The number of amides is 1. The number of anilines is 1. The highest BCUT2D eigenvalue weighted by atomic mass is 35.5. The van der Waals surface area contributed by atoms with Gasteiger partial charge in [-0.25, -0.2) is 0 Å². The molecule has 0 bridgehead atoms. The van der Waals surface area contributed by atoms with Gasteiger partial charge < -0.3 is 16.2 Å². The van der Waals surface area contributed by atoms with Crippen molar-refractivity contribution in [3.05, 3.63) is 28.8 Å². The second-order valence-electron chi connectivity index (χ2n) is 3.77. The Hall–Kier alpha value is -1.26. The summed E-state index contributed by atoms with van der Waals surface area (Å²) in [5.74, 6) is -0.473. The minimum absolute atomic E-state index is 0.212. The molecule has 0 unspecified atom stereocenters. The van der Waals surface area contributed by atoms with Crippen LogP contribution in [-0.2, 0) is 0 Å². The van der Waals surface area contributed by atoms with Crippen LogP contribution in [0.25, 0.3) is 0 Å². The fourth-order valence-electron chi connectivity index (χ4n) is 1.51. The maximum absolute atomic E-state index is 11.2. The predicted octanol–water partition coefficient (Wildman–Crippen LogP) is 2.01. The van der Waals surface area contributed by atoms with Gasteiger partial charge in [0.15, 0.2) is 0 Å². The van der Waals surface area contributed by atoms with Crippen LogP contribution in [0.1, 0.15) is 29.6 Å². The lowest BCUT2D eigenvalue weighted by Gasteiger charge is -2.10. The smallest absolute Gasteiger partial charge is 0.250 e. The molecular formula is C12H17ClN2O2. The molecule has 4 N–H and O–H groups in total. The monoisotopic (exact) mass is 256 g/mol. The Labute approximate surface area is 106 Å². The van der Waals surface area contributed by atoms with Crippen LogP contribution in [0.3, 0.4) is 0 Å². The first-order chi connectivity index (χ1) is 8.15. The Balaban J connectivity index is 2.56. The number of nitrogens with two attached hydrogens (primary N) is 1. The third kappa shape index (κ3) is 4.63. The first kappa shape index (κ1) is 13.8. The molecule has 0 aliphatic rings. The van der Waals surface area contributed by atoms with Crippen LogP contribution in [0, 0.1) is 0 Å². The topological polar surface area (TPSA) is 75.4 Å². The Kier molecular flexibility index (Phi) is 5.80. The van der Waals surface area contributed by atoms with E-state index in [2.05, 4.69) is 5.32 Å². The number of hydrogen-bond acceptors (Lipinski definition) is 3. The molecule has 94 valence electrons. The summed E-state index contributed by atoms with van der Waals surface area (Å²) in [7, 11) is 0. The molecule has 0 radical (unpaired) electrons. The Morgan fingerprint density at radius 1 is 1.35 bits per heavy atom. The highest BCUT2D eigenvalue weighted by Crippen LogP contribution is 2.20. The Bertz CT molecular complexity index is 383. The second kappa shape index (κ2) is 7.14. The van der Waals surface area contributed by atoms with Gasteiger partial charge >= 0.3 is 0 Å². The normalized spacial score (nSPS) is 10.2. The molecule has 0 aliphatic heterocycles. The van der Waals surface area contributed by atoms with Gasteiger partial charge in [0.05, 0.1) is 5.56 Å². The average molecular weight is 257 g/mol. The first-order valence-electron chi connectivity index (χ1n) is 5.59. The van der Waals surface area contributed by atoms with E-state index >= 15 is 0 Å². The summed E-state index contributed by atoms with van der Waals surface area (Å²) in [5, 5.41) is 12.3. The molecule has 0 fully saturated rings. The number of carbonyl (C=O) groups excluding carboxylic acids is 1. The minimum atomic E-state index is -0.473. The van der Waals surface area contributed by atoms with E-state index < -0.39 is 5.91 Å². The number of primary amides is 1. The van der Waals surface area contributed by atoms with Crippen LogP contribution in [0.2, 0.25) is 5.02 Å². The summed E-state index contributed by atoms with van der Waals surface area (Å²) in [5.41, 5.74) is 6.36. The molecule has 0 saturated carbocycles. The lowest BCUT2D eigenvalue weighted by molar-refractivity contribution is 0.100. The lowest BCUT2D eigenvalue weighted by Crippen LogP contribution is -2.14. The Morgan fingerprint density at radius 3 is 2.76 bits per heavy atom. The molecular weight excluding hydrogens is 240 g/mol. The number of rotatable bonds is 7. The van der Waals surface area contributed by atoms with Crippen molar-refractivity contribution in [3.8, 4) is 0 Å². The molecule has 1 amide bonds. The molecule has 17 heavy (non-hydrogen) atoms. The Morgan fingerprint density at radius 2 is 2.12 bits per heavy atom. The van der Waals surface area contributed by atoms with Crippen LogP contribution in [-0.4, -0.2) is 24.2 Å². The minimum Gasteiger partial charge on any atom is -0.396 e. The molecule has 0 aliphatic carbocycles. The third-order valence-electron chi connectivity index (χ3n) is 2.40.